The van der Waals surface area contributed by atoms with Gasteiger partial charge in [-0.2, -0.15) is 0 Å². The first-order valence-electron chi connectivity index (χ1n) is 11.2. The van der Waals surface area contributed by atoms with Crippen LogP contribution in [0.15, 0.2) is 42.6 Å². The van der Waals surface area contributed by atoms with Crippen molar-refractivity contribution in [3.8, 4) is 11.3 Å². The highest BCUT2D eigenvalue weighted by molar-refractivity contribution is 5.91. The molecule has 0 spiro atoms. The molecule has 1 aliphatic heterocycles. The zero-order chi connectivity index (χ0) is 21.8. The summed E-state index contributed by atoms with van der Waals surface area (Å²) in [6.07, 6.45) is 5.49. The number of rotatable bonds is 7. The van der Waals surface area contributed by atoms with E-state index in [2.05, 4.69) is 41.4 Å². The highest BCUT2D eigenvalue weighted by Gasteiger charge is 2.17. The Morgan fingerprint density at radius 3 is 2.77 bits per heavy atom. The molecule has 0 aliphatic carbocycles. The molecule has 7 heteroatoms. The van der Waals surface area contributed by atoms with Gasteiger partial charge in [0, 0.05) is 23.7 Å². The maximum absolute atomic E-state index is 12.2. The first-order chi connectivity index (χ1) is 15.0. The Balaban J connectivity index is 1.52. The lowest BCUT2D eigenvalue weighted by Crippen LogP contribution is -2.36. The third kappa shape index (κ3) is 5.41. The van der Waals surface area contributed by atoms with Gasteiger partial charge in [0.1, 0.15) is 5.82 Å². The average molecular weight is 421 g/mol. The van der Waals surface area contributed by atoms with E-state index >= 15 is 0 Å². The molecule has 1 fully saturated rings. The molecule has 1 aliphatic rings. The van der Waals surface area contributed by atoms with E-state index in [9.17, 15) is 4.79 Å². The zero-order valence-corrected chi connectivity index (χ0v) is 18.6. The van der Waals surface area contributed by atoms with Gasteiger partial charge in [-0.3, -0.25) is 4.79 Å². The van der Waals surface area contributed by atoms with Gasteiger partial charge in [0.15, 0.2) is 5.65 Å². The van der Waals surface area contributed by atoms with Gasteiger partial charge < -0.3 is 15.5 Å². The second-order valence-corrected chi connectivity index (χ2v) is 8.92. The van der Waals surface area contributed by atoms with Crippen LogP contribution in [0.2, 0.25) is 0 Å². The molecule has 0 bridgehead atoms. The number of aromatic nitrogens is 3. The zero-order valence-electron chi connectivity index (χ0n) is 18.6. The summed E-state index contributed by atoms with van der Waals surface area (Å²) >= 11 is 0. The lowest BCUT2D eigenvalue weighted by Gasteiger charge is -2.29. The van der Waals surface area contributed by atoms with Gasteiger partial charge >= 0.3 is 0 Å². The molecular formula is C24H32N6O. The topological polar surface area (TPSA) is 74.6 Å². The molecule has 4 rings (SSSR count). The van der Waals surface area contributed by atoms with E-state index in [-0.39, 0.29) is 5.91 Å². The first-order valence-corrected chi connectivity index (χ1v) is 11.2. The van der Waals surface area contributed by atoms with E-state index in [1.807, 2.05) is 47.1 Å². The minimum absolute atomic E-state index is 0.0479. The van der Waals surface area contributed by atoms with Crippen LogP contribution in [0.25, 0.3) is 16.9 Å². The number of amides is 1. The number of imidazole rings is 1. The van der Waals surface area contributed by atoms with Crippen molar-refractivity contribution in [1.82, 2.24) is 19.5 Å². The van der Waals surface area contributed by atoms with Crippen LogP contribution >= 0.6 is 0 Å². The number of carbonyl (C=O) groups is 1. The molecule has 31 heavy (non-hydrogen) atoms. The fourth-order valence-corrected chi connectivity index (χ4v) is 3.91. The number of benzene rings is 1. The maximum Gasteiger partial charge on any atom is 0.224 e. The van der Waals surface area contributed by atoms with Crippen LogP contribution in [-0.2, 0) is 4.79 Å². The number of carbonyl (C=O) groups excluding carboxylic acids is 1. The van der Waals surface area contributed by atoms with Crippen molar-refractivity contribution in [2.24, 2.45) is 5.92 Å². The van der Waals surface area contributed by atoms with Gasteiger partial charge in [-0.15, -0.1) is 5.10 Å². The van der Waals surface area contributed by atoms with E-state index < -0.39 is 0 Å². The minimum atomic E-state index is 0.0479. The molecule has 1 amide bonds. The molecule has 3 aromatic rings. The predicted octanol–water partition coefficient (Wildman–Crippen LogP) is 4.28. The van der Waals surface area contributed by atoms with Crippen LogP contribution in [0, 0.1) is 5.92 Å². The number of nitrogens with one attached hydrogen (secondary N) is 2. The summed E-state index contributed by atoms with van der Waals surface area (Å²) in [5.74, 6) is 1.42. The predicted molar refractivity (Wildman–Crippen MR) is 125 cm³/mol. The molecule has 0 atom stereocenters. The Kier molecular flexibility index (Phi) is 6.51. The quantitative estimate of drug-likeness (QED) is 0.597. The largest absolute Gasteiger partial charge is 0.366 e. The van der Waals surface area contributed by atoms with Gasteiger partial charge in [0.2, 0.25) is 5.91 Å². The maximum atomic E-state index is 12.2. The van der Waals surface area contributed by atoms with E-state index in [0.717, 1.165) is 60.8 Å². The molecule has 7 nitrogen and oxygen atoms in total. The normalized spacial score (nSPS) is 15.5. The standard InChI is InChI=1S/C24H32N6O/c1-17(2)7-10-24(31)27-20-6-4-5-18(15-20)21-16-25-23-9-8-22(28-30(21)23)26-19-11-13-29(3)14-12-19/h4-6,8-9,15-17,19H,7,10-14H2,1-3H3,(H,26,28)(H,27,31). The summed E-state index contributed by atoms with van der Waals surface area (Å²) in [4.78, 5) is 19.1. The summed E-state index contributed by atoms with van der Waals surface area (Å²) < 4.78 is 1.87. The number of anilines is 2. The number of hydrogen-bond donors (Lipinski definition) is 2. The molecule has 2 N–H and O–H groups in total. The van der Waals surface area contributed by atoms with Gasteiger partial charge in [-0.25, -0.2) is 9.50 Å². The third-order valence-corrected chi connectivity index (χ3v) is 5.82. The van der Waals surface area contributed by atoms with E-state index in [0.29, 0.717) is 18.4 Å². The van der Waals surface area contributed by atoms with Crippen molar-refractivity contribution < 1.29 is 4.79 Å². The second kappa shape index (κ2) is 9.47. The Hall–Kier alpha value is -2.93. The van der Waals surface area contributed by atoms with Crippen LogP contribution in [0.4, 0.5) is 11.5 Å². The van der Waals surface area contributed by atoms with Crippen LogP contribution in [0.5, 0.6) is 0 Å². The van der Waals surface area contributed by atoms with Crippen LogP contribution in [0.1, 0.15) is 39.5 Å². The molecule has 164 valence electrons. The van der Waals surface area contributed by atoms with Gasteiger partial charge in [0.05, 0.1) is 11.9 Å². The van der Waals surface area contributed by atoms with Crippen molar-refractivity contribution in [3.05, 3.63) is 42.6 Å². The van der Waals surface area contributed by atoms with Gasteiger partial charge in [-0.05, 0) is 69.6 Å². The molecule has 2 aromatic heterocycles. The number of fused-ring (bicyclic) bond motifs is 1. The van der Waals surface area contributed by atoms with E-state index in [4.69, 9.17) is 5.10 Å². The second-order valence-electron chi connectivity index (χ2n) is 8.92. The van der Waals surface area contributed by atoms with Crippen molar-refractivity contribution in [3.63, 3.8) is 0 Å². The lowest BCUT2D eigenvalue weighted by atomic mass is 10.1. The number of nitrogens with zero attached hydrogens (tertiary/aromatic N) is 4. The van der Waals surface area contributed by atoms with Crippen molar-refractivity contribution >= 4 is 23.1 Å². The summed E-state index contributed by atoms with van der Waals surface area (Å²) in [6, 6.07) is 12.3. The first kappa shape index (κ1) is 21.3. The number of hydrogen-bond acceptors (Lipinski definition) is 5. The Labute approximate surface area is 183 Å². The van der Waals surface area contributed by atoms with Gasteiger partial charge in [-0.1, -0.05) is 26.0 Å². The fraction of sp³-hybridized carbons (Fsp3) is 0.458. The summed E-state index contributed by atoms with van der Waals surface area (Å²) in [5.41, 5.74) is 3.47. The van der Waals surface area contributed by atoms with Crippen molar-refractivity contribution in [2.45, 2.75) is 45.6 Å². The highest BCUT2D eigenvalue weighted by Crippen LogP contribution is 2.24. The molecule has 1 aromatic carbocycles. The summed E-state index contributed by atoms with van der Waals surface area (Å²) in [7, 11) is 2.17. The monoisotopic (exact) mass is 420 g/mol. The van der Waals surface area contributed by atoms with Crippen LogP contribution in [0.3, 0.4) is 0 Å². The molecule has 0 unspecified atom stereocenters. The molecule has 0 saturated carbocycles. The fourth-order valence-electron chi connectivity index (χ4n) is 3.91. The lowest BCUT2D eigenvalue weighted by molar-refractivity contribution is -0.116. The minimum Gasteiger partial charge on any atom is -0.366 e. The van der Waals surface area contributed by atoms with E-state index in [1.54, 1.807) is 0 Å². The third-order valence-electron chi connectivity index (χ3n) is 5.82. The average Bonchev–Trinajstić information content (AvgIpc) is 3.17. The van der Waals surface area contributed by atoms with Gasteiger partial charge in [0.25, 0.3) is 0 Å². The Bertz CT molecular complexity index is 1040. The highest BCUT2D eigenvalue weighted by atomic mass is 16.1. The van der Waals surface area contributed by atoms with Crippen LogP contribution < -0.4 is 10.6 Å². The van der Waals surface area contributed by atoms with Crippen molar-refractivity contribution in [1.29, 1.82) is 0 Å². The molecule has 0 radical (unpaired) electrons. The summed E-state index contributed by atoms with van der Waals surface area (Å²) in [5, 5.41) is 11.4. The molecule has 3 heterocycles. The van der Waals surface area contributed by atoms with E-state index in [1.165, 1.54) is 0 Å². The summed E-state index contributed by atoms with van der Waals surface area (Å²) in [6.45, 7) is 6.46. The van der Waals surface area contributed by atoms with Crippen LogP contribution in [-0.4, -0.2) is 51.6 Å². The number of piperidine rings is 1. The van der Waals surface area contributed by atoms with Crippen molar-refractivity contribution in [2.75, 3.05) is 30.8 Å². The smallest absolute Gasteiger partial charge is 0.224 e. The Morgan fingerprint density at radius 2 is 2.00 bits per heavy atom. The molecular weight excluding hydrogens is 388 g/mol. The Morgan fingerprint density at radius 1 is 1.19 bits per heavy atom. The molecule has 1 saturated heterocycles. The SMILES string of the molecule is CC(C)CCC(=O)Nc1cccc(-c2cnc3ccc(NC4CCN(C)CC4)nn23)c1. The number of likely N-dealkylation sites (tertiary alicyclic amines) is 1.